The number of benzene rings is 1. The van der Waals surface area contributed by atoms with Gasteiger partial charge in [-0.1, -0.05) is 23.4 Å². The van der Waals surface area contributed by atoms with Gasteiger partial charge in [0.1, 0.15) is 10.1 Å². The molecule has 1 heterocycles. The smallest absolute Gasteiger partial charge is 0.316 e. The molecule has 1 aromatic rings. The second-order valence-corrected chi connectivity index (χ2v) is 7.07. The number of carboxylic acids is 1. The molecule has 6 nitrogen and oxygen atoms in total. The van der Waals surface area contributed by atoms with Gasteiger partial charge in [-0.15, -0.1) is 4.40 Å². The van der Waals surface area contributed by atoms with Crippen LogP contribution in [-0.2, 0) is 14.8 Å². The topological polar surface area (TPSA) is 95.8 Å². The Morgan fingerprint density at radius 3 is 2.84 bits per heavy atom. The third kappa shape index (κ3) is 3.02. The van der Waals surface area contributed by atoms with Gasteiger partial charge in [0.2, 0.25) is 0 Å². The Balaban J connectivity index is 2.37. The maximum atomic E-state index is 11.9. The summed E-state index contributed by atoms with van der Waals surface area (Å²) in [6, 6.07) is 4.35. The Labute approximate surface area is 118 Å². The van der Waals surface area contributed by atoms with Crippen LogP contribution in [0.1, 0.15) is 6.92 Å². The van der Waals surface area contributed by atoms with Gasteiger partial charge in [0.05, 0.1) is 5.69 Å². The van der Waals surface area contributed by atoms with Crippen molar-refractivity contribution in [3.63, 3.8) is 0 Å². The van der Waals surface area contributed by atoms with Crippen LogP contribution in [0.25, 0.3) is 0 Å². The fourth-order valence-electron chi connectivity index (χ4n) is 1.38. The average Bonchev–Trinajstić information content (AvgIpc) is 2.29. The zero-order valence-corrected chi connectivity index (χ0v) is 12.0. The van der Waals surface area contributed by atoms with Crippen molar-refractivity contribution in [1.82, 2.24) is 0 Å². The quantitative estimate of drug-likeness (QED) is 0.865. The Morgan fingerprint density at radius 1 is 1.53 bits per heavy atom. The second kappa shape index (κ2) is 5.03. The molecule has 0 spiro atoms. The van der Waals surface area contributed by atoms with Crippen molar-refractivity contribution in [1.29, 1.82) is 0 Å². The minimum atomic E-state index is -3.86. The van der Waals surface area contributed by atoms with E-state index in [1.54, 1.807) is 0 Å². The fourth-order valence-corrected chi connectivity index (χ4v) is 3.72. The molecule has 102 valence electrons. The van der Waals surface area contributed by atoms with E-state index in [0.29, 0.717) is 5.69 Å². The van der Waals surface area contributed by atoms with Crippen molar-refractivity contribution >= 4 is 50.2 Å². The highest BCUT2D eigenvalue weighted by molar-refractivity contribution is 8.15. The van der Waals surface area contributed by atoms with Crippen LogP contribution in [0.4, 0.5) is 5.69 Å². The van der Waals surface area contributed by atoms with Crippen molar-refractivity contribution in [2.45, 2.75) is 17.1 Å². The van der Waals surface area contributed by atoms with Gasteiger partial charge in [0.25, 0.3) is 10.0 Å². The highest BCUT2D eigenvalue weighted by Gasteiger charge is 2.27. The Hall–Kier alpha value is -1.25. The first-order valence-electron chi connectivity index (χ1n) is 5.10. The molecule has 0 aromatic heterocycles. The highest BCUT2D eigenvalue weighted by Crippen LogP contribution is 2.32. The SMILES string of the molecule is CC(SC1=NS(=O)(=O)c2cc(Cl)ccc2N1)C(=O)O. The fraction of sp³-hybridized carbons (Fsp3) is 0.200. The third-order valence-corrected chi connectivity index (χ3v) is 4.94. The van der Waals surface area contributed by atoms with E-state index in [2.05, 4.69) is 9.71 Å². The Bertz CT molecular complexity index is 672. The molecule has 0 radical (unpaired) electrons. The number of hydrogen-bond acceptors (Lipinski definition) is 5. The predicted molar refractivity (Wildman–Crippen MR) is 74.4 cm³/mol. The van der Waals surface area contributed by atoms with Crippen LogP contribution in [0.5, 0.6) is 0 Å². The van der Waals surface area contributed by atoms with E-state index in [4.69, 9.17) is 16.7 Å². The number of amidine groups is 1. The molecule has 0 saturated carbocycles. The second-order valence-electron chi connectivity index (χ2n) is 3.74. The van der Waals surface area contributed by atoms with Crippen LogP contribution in [0.15, 0.2) is 27.5 Å². The number of rotatable bonds is 2. The molecule has 2 rings (SSSR count). The van der Waals surface area contributed by atoms with Gasteiger partial charge in [-0.05, 0) is 25.1 Å². The molecule has 0 amide bonds. The summed E-state index contributed by atoms with van der Waals surface area (Å²) in [5.41, 5.74) is 0.333. The summed E-state index contributed by atoms with van der Waals surface area (Å²) in [5.74, 6) is -1.05. The molecule has 0 aliphatic carbocycles. The minimum absolute atomic E-state index is 0.0210. The number of anilines is 1. The molecule has 2 N–H and O–H groups in total. The maximum Gasteiger partial charge on any atom is 0.316 e. The molecular formula is C10H9ClN2O4S2. The Kier molecular flexibility index (Phi) is 3.75. The first-order valence-corrected chi connectivity index (χ1v) is 7.80. The van der Waals surface area contributed by atoms with Gasteiger partial charge in [0, 0.05) is 5.02 Å². The summed E-state index contributed by atoms with van der Waals surface area (Å²) < 4.78 is 27.4. The summed E-state index contributed by atoms with van der Waals surface area (Å²) in [6.07, 6.45) is 0. The number of fused-ring (bicyclic) bond motifs is 1. The lowest BCUT2D eigenvalue weighted by molar-refractivity contribution is -0.136. The van der Waals surface area contributed by atoms with Crippen molar-refractivity contribution in [3.8, 4) is 0 Å². The van der Waals surface area contributed by atoms with Crippen LogP contribution in [0, 0.1) is 0 Å². The highest BCUT2D eigenvalue weighted by atomic mass is 35.5. The van der Waals surface area contributed by atoms with Crippen molar-refractivity contribution < 1.29 is 18.3 Å². The summed E-state index contributed by atoms with van der Waals surface area (Å²) in [5, 5.41) is 11.1. The van der Waals surface area contributed by atoms with Gasteiger partial charge >= 0.3 is 5.97 Å². The van der Waals surface area contributed by atoms with E-state index in [0.717, 1.165) is 11.8 Å². The number of hydrogen-bond donors (Lipinski definition) is 2. The standard InChI is InChI=1S/C10H9ClN2O4S2/c1-5(9(14)15)18-10-12-7-3-2-6(11)4-8(7)19(16,17)13-10/h2-5H,1H3,(H,12,13)(H,14,15). The van der Waals surface area contributed by atoms with E-state index in [9.17, 15) is 13.2 Å². The van der Waals surface area contributed by atoms with Gasteiger partial charge in [0.15, 0.2) is 5.17 Å². The molecule has 0 bridgehead atoms. The molecule has 1 aliphatic rings. The monoisotopic (exact) mass is 320 g/mol. The summed E-state index contributed by atoms with van der Waals surface area (Å²) in [4.78, 5) is 10.7. The molecule has 1 atom stereocenters. The number of carboxylic acid groups (broad SMARTS) is 1. The molecule has 0 fully saturated rings. The van der Waals surface area contributed by atoms with Gasteiger partial charge in [-0.25, -0.2) is 0 Å². The number of carbonyl (C=O) groups is 1. The third-order valence-electron chi connectivity index (χ3n) is 2.30. The van der Waals surface area contributed by atoms with Crippen LogP contribution in [-0.4, -0.2) is 29.9 Å². The number of aliphatic carboxylic acids is 1. The first kappa shape index (κ1) is 14.2. The summed E-state index contributed by atoms with van der Waals surface area (Å²) >= 11 is 6.57. The van der Waals surface area contributed by atoms with E-state index in [1.165, 1.54) is 25.1 Å². The summed E-state index contributed by atoms with van der Waals surface area (Å²) in [6.45, 7) is 1.45. The van der Waals surface area contributed by atoms with Crippen molar-refractivity contribution in [2.75, 3.05) is 5.32 Å². The van der Waals surface area contributed by atoms with Crippen LogP contribution in [0.3, 0.4) is 0 Å². The molecule has 0 saturated heterocycles. The lowest BCUT2D eigenvalue weighted by Gasteiger charge is -2.18. The Morgan fingerprint density at radius 2 is 2.21 bits per heavy atom. The number of nitrogens with zero attached hydrogens (tertiary/aromatic N) is 1. The maximum absolute atomic E-state index is 11.9. The van der Waals surface area contributed by atoms with Gasteiger partial charge < -0.3 is 10.4 Å². The molecule has 19 heavy (non-hydrogen) atoms. The van der Waals surface area contributed by atoms with Crippen molar-refractivity contribution in [3.05, 3.63) is 23.2 Å². The van der Waals surface area contributed by atoms with E-state index >= 15 is 0 Å². The van der Waals surface area contributed by atoms with Gasteiger partial charge in [-0.3, -0.25) is 4.79 Å². The number of sulfonamides is 1. The molecule has 9 heteroatoms. The van der Waals surface area contributed by atoms with Gasteiger partial charge in [-0.2, -0.15) is 8.42 Å². The summed E-state index contributed by atoms with van der Waals surface area (Å²) in [7, 11) is -3.86. The lowest BCUT2D eigenvalue weighted by Crippen LogP contribution is -2.23. The predicted octanol–water partition coefficient (Wildman–Crippen LogP) is 2.02. The first-order chi connectivity index (χ1) is 8.79. The molecular weight excluding hydrogens is 312 g/mol. The zero-order valence-electron chi connectivity index (χ0n) is 9.62. The lowest BCUT2D eigenvalue weighted by atomic mass is 10.3. The number of thioether (sulfide) groups is 1. The van der Waals surface area contributed by atoms with Crippen LogP contribution in [0.2, 0.25) is 5.02 Å². The average molecular weight is 321 g/mol. The van der Waals surface area contributed by atoms with Crippen LogP contribution >= 0.6 is 23.4 Å². The van der Waals surface area contributed by atoms with E-state index in [-0.39, 0.29) is 15.1 Å². The normalized spacial score (nSPS) is 17.9. The van der Waals surface area contributed by atoms with Crippen LogP contribution < -0.4 is 5.32 Å². The minimum Gasteiger partial charge on any atom is -0.480 e. The molecule has 1 unspecified atom stereocenters. The molecule has 1 aromatic carbocycles. The number of halogens is 1. The van der Waals surface area contributed by atoms with E-state index < -0.39 is 21.2 Å². The van der Waals surface area contributed by atoms with E-state index in [1.807, 2.05) is 0 Å². The molecule has 1 aliphatic heterocycles. The zero-order chi connectivity index (χ0) is 14.2. The number of nitrogens with one attached hydrogen (secondary N) is 1. The van der Waals surface area contributed by atoms with Crippen molar-refractivity contribution in [2.24, 2.45) is 4.40 Å². The largest absolute Gasteiger partial charge is 0.480 e.